The molecule has 1 aliphatic rings. The van der Waals surface area contributed by atoms with Gasteiger partial charge in [-0.25, -0.2) is 4.39 Å². The SMILES string of the molecule is O=C(Nc1c(Cl)cc(Cl)cc1[N+](=O)[O-])C1(F)C(F)(F)C(F)(F)C(F)(F)C(F)(F)C1(F)F. The number of amides is 1. The molecular formula is C13H3Cl2F11N2O3. The maximum absolute atomic E-state index is 14.6. The summed E-state index contributed by atoms with van der Waals surface area (Å²) < 4.78 is 150. The highest BCUT2D eigenvalue weighted by molar-refractivity contribution is 6.37. The fourth-order valence-electron chi connectivity index (χ4n) is 2.53. The van der Waals surface area contributed by atoms with Crippen LogP contribution in [0.5, 0.6) is 0 Å². The molecule has 1 aliphatic carbocycles. The summed E-state index contributed by atoms with van der Waals surface area (Å²) in [5, 5.41) is 9.79. The summed E-state index contributed by atoms with van der Waals surface area (Å²) in [6.07, 6.45) is 0. The zero-order valence-electron chi connectivity index (χ0n) is 13.7. The second kappa shape index (κ2) is 6.70. The molecule has 1 saturated carbocycles. The van der Waals surface area contributed by atoms with Gasteiger partial charge in [-0.3, -0.25) is 14.9 Å². The molecule has 174 valence electrons. The van der Waals surface area contributed by atoms with E-state index >= 15 is 0 Å². The first-order chi connectivity index (χ1) is 13.6. The average Bonchev–Trinajstić information content (AvgIpc) is 2.60. The van der Waals surface area contributed by atoms with Crippen molar-refractivity contribution in [3.63, 3.8) is 0 Å². The lowest BCUT2D eigenvalue weighted by molar-refractivity contribution is -0.475. The van der Waals surface area contributed by atoms with Crippen LogP contribution < -0.4 is 5.32 Å². The molecule has 0 aromatic heterocycles. The Morgan fingerprint density at radius 3 is 1.58 bits per heavy atom. The highest BCUT2D eigenvalue weighted by Gasteiger charge is 3.02. The molecular weight excluding hydrogens is 512 g/mol. The Bertz CT molecular complexity index is 940. The van der Waals surface area contributed by atoms with Crippen LogP contribution in [-0.4, -0.2) is 46.1 Å². The van der Waals surface area contributed by atoms with Gasteiger partial charge in [-0.05, 0) is 6.07 Å². The van der Waals surface area contributed by atoms with Crippen molar-refractivity contribution in [3.8, 4) is 0 Å². The summed E-state index contributed by atoms with van der Waals surface area (Å²) in [6, 6.07) is 0.785. The zero-order chi connectivity index (χ0) is 24.6. The third-order valence-electron chi connectivity index (χ3n) is 4.22. The monoisotopic (exact) mass is 514 g/mol. The fourth-order valence-corrected chi connectivity index (χ4v) is 3.06. The number of hydrogen-bond acceptors (Lipinski definition) is 3. The normalized spacial score (nSPS) is 24.3. The number of rotatable bonds is 3. The second-order valence-corrected chi connectivity index (χ2v) is 6.87. The Balaban J connectivity index is 2.77. The molecule has 31 heavy (non-hydrogen) atoms. The van der Waals surface area contributed by atoms with Gasteiger partial charge in [-0.15, -0.1) is 0 Å². The van der Waals surface area contributed by atoms with E-state index in [-0.39, 0.29) is 0 Å². The van der Waals surface area contributed by atoms with Crippen LogP contribution in [-0.2, 0) is 4.79 Å². The highest BCUT2D eigenvalue weighted by atomic mass is 35.5. The van der Waals surface area contributed by atoms with Crippen LogP contribution in [0.2, 0.25) is 10.0 Å². The van der Waals surface area contributed by atoms with Gasteiger partial charge in [-0.1, -0.05) is 23.2 Å². The molecule has 0 heterocycles. The van der Waals surface area contributed by atoms with E-state index in [9.17, 15) is 63.2 Å². The molecule has 1 amide bonds. The lowest BCUT2D eigenvalue weighted by atomic mass is 9.71. The number of nitro benzene ring substituents is 1. The number of hydrogen-bond donors (Lipinski definition) is 1. The minimum atomic E-state index is -7.52. The number of halogens is 13. The van der Waals surface area contributed by atoms with Crippen molar-refractivity contribution in [3.05, 3.63) is 32.3 Å². The van der Waals surface area contributed by atoms with E-state index in [0.717, 1.165) is 0 Å². The first-order valence-corrected chi connectivity index (χ1v) is 7.91. The molecule has 0 bridgehead atoms. The topological polar surface area (TPSA) is 72.2 Å². The first kappa shape index (κ1) is 25.2. The predicted molar refractivity (Wildman–Crippen MR) is 80.3 cm³/mol. The number of nitrogens with one attached hydrogen (secondary N) is 1. The predicted octanol–water partition coefficient (Wildman–Crippen LogP) is 5.74. The summed E-state index contributed by atoms with van der Waals surface area (Å²) in [4.78, 5) is 21.3. The third kappa shape index (κ3) is 2.79. The largest absolute Gasteiger partial charge is 0.384 e. The van der Waals surface area contributed by atoms with Gasteiger partial charge in [0.1, 0.15) is 5.69 Å². The lowest BCUT2D eigenvalue weighted by Crippen LogP contribution is -2.86. The molecule has 1 N–H and O–H groups in total. The van der Waals surface area contributed by atoms with Gasteiger partial charge in [0.15, 0.2) is 0 Å². The number of nitrogens with zero attached hydrogens (tertiary/aromatic N) is 1. The Kier molecular flexibility index (Phi) is 5.44. The molecule has 0 radical (unpaired) electrons. The smallest absolute Gasteiger partial charge is 0.316 e. The molecule has 0 spiro atoms. The van der Waals surface area contributed by atoms with E-state index in [1.165, 1.54) is 0 Å². The van der Waals surface area contributed by atoms with Crippen LogP contribution in [0.4, 0.5) is 59.7 Å². The van der Waals surface area contributed by atoms with Crippen LogP contribution in [0.25, 0.3) is 0 Å². The highest BCUT2D eigenvalue weighted by Crippen LogP contribution is 2.69. The van der Waals surface area contributed by atoms with Crippen molar-refractivity contribution in [1.29, 1.82) is 0 Å². The van der Waals surface area contributed by atoms with Crippen molar-refractivity contribution >= 4 is 40.5 Å². The molecule has 1 fully saturated rings. The van der Waals surface area contributed by atoms with Crippen LogP contribution in [0.15, 0.2) is 12.1 Å². The minimum Gasteiger partial charge on any atom is -0.316 e. The summed E-state index contributed by atoms with van der Waals surface area (Å²) in [6.45, 7) is 0. The van der Waals surface area contributed by atoms with E-state index in [4.69, 9.17) is 23.2 Å². The third-order valence-corrected chi connectivity index (χ3v) is 4.74. The zero-order valence-corrected chi connectivity index (χ0v) is 15.3. The lowest BCUT2D eigenvalue weighted by Gasteiger charge is -2.51. The summed E-state index contributed by atoms with van der Waals surface area (Å²) in [5.41, 5.74) is -10.1. The fraction of sp³-hybridized carbons (Fsp3) is 0.462. The van der Waals surface area contributed by atoms with E-state index in [0.29, 0.717) is 17.4 Å². The molecule has 1 aromatic rings. The Morgan fingerprint density at radius 1 is 0.806 bits per heavy atom. The van der Waals surface area contributed by atoms with Crippen molar-refractivity contribution in [2.75, 3.05) is 5.32 Å². The summed E-state index contributed by atoms with van der Waals surface area (Å²) in [5.74, 6) is -41.2. The van der Waals surface area contributed by atoms with Crippen molar-refractivity contribution in [1.82, 2.24) is 0 Å². The van der Waals surface area contributed by atoms with Gasteiger partial charge in [0.05, 0.1) is 9.95 Å². The van der Waals surface area contributed by atoms with Gasteiger partial charge in [0, 0.05) is 11.1 Å². The first-order valence-electron chi connectivity index (χ1n) is 7.15. The van der Waals surface area contributed by atoms with Crippen LogP contribution in [0.3, 0.4) is 0 Å². The van der Waals surface area contributed by atoms with Crippen LogP contribution in [0, 0.1) is 10.1 Å². The number of nitro groups is 1. The molecule has 0 saturated heterocycles. The van der Waals surface area contributed by atoms with Crippen LogP contribution in [0.1, 0.15) is 0 Å². The molecule has 1 aromatic carbocycles. The van der Waals surface area contributed by atoms with Gasteiger partial charge < -0.3 is 5.32 Å². The maximum Gasteiger partial charge on any atom is 0.384 e. The number of anilines is 1. The van der Waals surface area contributed by atoms with Gasteiger partial charge in [-0.2, -0.15) is 43.9 Å². The van der Waals surface area contributed by atoms with Gasteiger partial charge in [0.2, 0.25) is 0 Å². The number of carbonyl (C=O) groups excluding carboxylic acids is 1. The molecule has 2 rings (SSSR count). The molecule has 0 atom stereocenters. The minimum absolute atomic E-state index is 0.294. The number of benzene rings is 1. The molecule has 0 aliphatic heterocycles. The van der Waals surface area contributed by atoms with Crippen LogP contribution >= 0.6 is 23.2 Å². The summed E-state index contributed by atoms with van der Waals surface area (Å²) in [7, 11) is 0. The van der Waals surface area contributed by atoms with E-state index in [1.807, 2.05) is 0 Å². The van der Waals surface area contributed by atoms with Gasteiger partial charge >= 0.3 is 35.3 Å². The quantitative estimate of drug-likeness (QED) is 0.317. The Hall–Kier alpha value is -2.10. The van der Waals surface area contributed by atoms with E-state index in [1.54, 1.807) is 0 Å². The van der Waals surface area contributed by atoms with E-state index in [2.05, 4.69) is 0 Å². The summed E-state index contributed by atoms with van der Waals surface area (Å²) >= 11 is 10.8. The Labute approximate surface area is 172 Å². The van der Waals surface area contributed by atoms with E-state index < -0.39 is 67.5 Å². The van der Waals surface area contributed by atoms with Crippen molar-refractivity contribution < 1.29 is 58.0 Å². The van der Waals surface area contributed by atoms with Crippen molar-refractivity contribution in [2.45, 2.75) is 35.3 Å². The number of alkyl halides is 11. The molecule has 5 nitrogen and oxygen atoms in total. The average molecular weight is 515 g/mol. The van der Waals surface area contributed by atoms with Gasteiger partial charge in [0.25, 0.3) is 11.6 Å². The van der Waals surface area contributed by atoms with Crippen molar-refractivity contribution in [2.24, 2.45) is 0 Å². The maximum atomic E-state index is 14.6. The standard InChI is InChI=1S/C13H3Cl2F11N2O3/c14-3-1-4(15)6(5(2-3)28(30)31)27-7(29)8(16)9(17,18)11(21,22)13(25,26)12(23,24)10(8,19)20/h1-2H,(H,27,29). The second-order valence-electron chi connectivity index (χ2n) is 6.02. The number of carbonyl (C=O) groups is 1. The molecule has 18 heteroatoms. The molecule has 0 unspecified atom stereocenters. The Morgan fingerprint density at radius 2 is 1.19 bits per heavy atom.